The molecule has 0 aromatic heterocycles. The van der Waals surface area contributed by atoms with Gasteiger partial charge in [0.25, 0.3) is 0 Å². The Morgan fingerprint density at radius 2 is 0.800 bits per heavy atom. The summed E-state index contributed by atoms with van der Waals surface area (Å²) >= 11 is 0. The van der Waals surface area contributed by atoms with Crippen molar-refractivity contribution in [2.24, 2.45) is 35.5 Å². The first-order valence-electron chi connectivity index (χ1n) is 25.5. The fraction of sp³-hybridized carbons (Fsp3) is 0.632. The molecule has 0 N–H and O–H groups in total. The highest BCUT2D eigenvalue weighted by molar-refractivity contribution is 5.82. The Hall–Kier alpha value is -4.17. The second-order valence-electron chi connectivity index (χ2n) is 19.8. The zero-order chi connectivity index (χ0) is 46.4. The molecule has 65 heavy (non-hydrogen) atoms. The molecule has 2 aromatic carbocycles. The molecule has 5 fully saturated rings. The summed E-state index contributed by atoms with van der Waals surface area (Å²) in [5.41, 5.74) is 3.76. The smallest absolute Gasteiger partial charge is 0.330 e. The van der Waals surface area contributed by atoms with Crippen molar-refractivity contribution in [2.75, 3.05) is 6.79 Å². The SMILES string of the molecule is C=CC(=O)OC1CCC(C2CCC(C)CC2)CC1.C=CC(=O)OC1CCC(C2CCC(C)CC2)CC1.C=CC(=O)OC1CCC(OCOc2ccc(-c3ccc(CCC)cc3)cc2)CC1. The number of hydrogen-bond donors (Lipinski definition) is 0. The number of aryl methyl sites for hydroxylation is 1. The summed E-state index contributed by atoms with van der Waals surface area (Å²) < 4.78 is 27.5. The van der Waals surface area contributed by atoms with E-state index < -0.39 is 0 Å². The highest BCUT2D eigenvalue weighted by Crippen LogP contribution is 2.42. The summed E-state index contributed by atoms with van der Waals surface area (Å²) in [4.78, 5) is 33.6. The van der Waals surface area contributed by atoms with Gasteiger partial charge in [-0.1, -0.05) is 109 Å². The summed E-state index contributed by atoms with van der Waals surface area (Å²) in [6.07, 6.45) is 30.3. The van der Waals surface area contributed by atoms with Crippen molar-refractivity contribution in [1.82, 2.24) is 0 Å². The van der Waals surface area contributed by atoms with Crippen molar-refractivity contribution in [3.63, 3.8) is 0 Å². The van der Waals surface area contributed by atoms with E-state index in [2.05, 4.69) is 76.9 Å². The molecular formula is C57H82O8. The minimum Gasteiger partial charge on any atom is -0.468 e. The molecule has 5 saturated carbocycles. The van der Waals surface area contributed by atoms with Gasteiger partial charge in [0.2, 0.25) is 0 Å². The average molecular weight is 895 g/mol. The molecule has 0 spiro atoms. The van der Waals surface area contributed by atoms with E-state index in [1.807, 2.05) is 12.1 Å². The molecule has 5 aliphatic carbocycles. The first kappa shape index (κ1) is 51.8. The van der Waals surface area contributed by atoms with Crippen LogP contribution in [0.5, 0.6) is 5.75 Å². The van der Waals surface area contributed by atoms with Gasteiger partial charge in [0.1, 0.15) is 24.1 Å². The molecule has 0 bridgehead atoms. The topological polar surface area (TPSA) is 97.4 Å². The molecule has 0 aliphatic heterocycles. The van der Waals surface area contributed by atoms with Crippen LogP contribution in [0.25, 0.3) is 11.1 Å². The highest BCUT2D eigenvalue weighted by atomic mass is 16.7. The molecule has 8 heteroatoms. The average Bonchev–Trinajstić information content (AvgIpc) is 3.34. The van der Waals surface area contributed by atoms with Crippen molar-refractivity contribution < 1.29 is 38.1 Å². The number of carbonyl (C=O) groups is 3. The first-order valence-corrected chi connectivity index (χ1v) is 25.5. The van der Waals surface area contributed by atoms with E-state index in [0.717, 1.165) is 105 Å². The zero-order valence-electron chi connectivity index (χ0n) is 40.3. The van der Waals surface area contributed by atoms with Crippen LogP contribution >= 0.6 is 0 Å². The number of carbonyl (C=O) groups excluding carboxylic acids is 3. The normalized spacial score (nSPS) is 28.8. The van der Waals surface area contributed by atoms with Gasteiger partial charge in [0, 0.05) is 18.2 Å². The molecule has 7 rings (SSSR count). The Morgan fingerprint density at radius 1 is 0.477 bits per heavy atom. The fourth-order valence-electron chi connectivity index (χ4n) is 10.9. The molecule has 0 saturated heterocycles. The minimum absolute atomic E-state index is 0.0233. The minimum atomic E-state index is -0.349. The Bertz CT molecular complexity index is 1650. The lowest BCUT2D eigenvalue weighted by molar-refractivity contribution is -0.147. The Labute approximate surface area is 392 Å². The zero-order valence-corrected chi connectivity index (χ0v) is 40.3. The van der Waals surface area contributed by atoms with Gasteiger partial charge in [-0.15, -0.1) is 0 Å². The summed E-state index contributed by atoms with van der Waals surface area (Å²) in [5, 5.41) is 0. The van der Waals surface area contributed by atoms with Gasteiger partial charge < -0.3 is 23.7 Å². The summed E-state index contributed by atoms with van der Waals surface area (Å²) in [6.45, 7) is 17.5. The summed E-state index contributed by atoms with van der Waals surface area (Å²) in [7, 11) is 0. The molecule has 5 aliphatic rings. The van der Waals surface area contributed by atoms with Gasteiger partial charge in [-0.25, -0.2) is 14.4 Å². The maximum absolute atomic E-state index is 11.3. The van der Waals surface area contributed by atoms with Crippen molar-refractivity contribution in [3.05, 3.63) is 92.1 Å². The van der Waals surface area contributed by atoms with Crippen LogP contribution in [0.4, 0.5) is 0 Å². The van der Waals surface area contributed by atoms with E-state index in [1.165, 1.54) is 112 Å². The van der Waals surface area contributed by atoms with Crippen LogP contribution in [0.3, 0.4) is 0 Å². The molecule has 0 radical (unpaired) electrons. The van der Waals surface area contributed by atoms with E-state index in [4.69, 9.17) is 23.7 Å². The lowest BCUT2D eigenvalue weighted by Gasteiger charge is -2.36. The van der Waals surface area contributed by atoms with Gasteiger partial charge in [-0.05, 0) is 173 Å². The van der Waals surface area contributed by atoms with Gasteiger partial charge in [-0.2, -0.15) is 0 Å². The summed E-state index contributed by atoms with van der Waals surface area (Å²) in [5.74, 6) is 5.46. The predicted octanol–water partition coefficient (Wildman–Crippen LogP) is 13.9. The van der Waals surface area contributed by atoms with Gasteiger partial charge in [0.05, 0.1) is 6.10 Å². The van der Waals surface area contributed by atoms with E-state index in [-0.39, 0.29) is 49.1 Å². The Kier molecular flexibility index (Phi) is 22.4. The van der Waals surface area contributed by atoms with Crippen LogP contribution in [-0.2, 0) is 39.8 Å². The maximum Gasteiger partial charge on any atom is 0.330 e. The quantitative estimate of drug-likeness (QED) is 0.0755. The van der Waals surface area contributed by atoms with Gasteiger partial charge >= 0.3 is 17.9 Å². The van der Waals surface area contributed by atoms with Crippen molar-refractivity contribution >= 4 is 17.9 Å². The Morgan fingerprint density at radius 3 is 1.15 bits per heavy atom. The second-order valence-corrected chi connectivity index (χ2v) is 19.8. The van der Waals surface area contributed by atoms with Crippen LogP contribution in [-0.4, -0.2) is 49.1 Å². The third-order valence-corrected chi connectivity index (χ3v) is 15.1. The van der Waals surface area contributed by atoms with E-state index in [1.54, 1.807) is 0 Å². The van der Waals surface area contributed by atoms with Crippen LogP contribution < -0.4 is 4.74 Å². The second kappa shape index (κ2) is 28.1. The highest BCUT2D eigenvalue weighted by Gasteiger charge is 2.32. The number of hydrogen-bond acceptors (Lipinski definition) is 8. The van der Waals surface area contributed by atoms with Crippen molar-refractivity contribution in [3.8, 4) is 16.9 Å². The number of esters is 3. The number of rotatable bonds is 15. The van der Waals surface area contributed by atoms with Gasteiger partial charge in [-0.3, -0.25) is 0 Å². The van der Waals surface area contributed by atoms with Crippen LogP contribution in [0.2, 0.25) is 0 Å². The lowest BCUT2D eigenvalue weighted by Crippen LogP contribution is -2.29. The van der Waals surface area contributed by atoms with E-state index >= 15 is 0 Å². The number of benzene rings is 2. The third kappa shape index (κ3) is 18.2. The molecular weight excluding hydrogens is 813 g/mol. The van der Waals surface area contributed by atoms with Crippen molar-refractivity contribution in [2.45, 2.75) is 186 Å². The molecule has 0 heterocycles. The molecule has 0 atom stereocenters. The molecule has 8 nitrogen and oxygen atoms in total. The molecule has 0 unspecified atom stereocenters. The van der Waals surface area contributed by atoms with Gasteiger partial charge in [0.15, 0.2) is 6.79 Å². The first-order chi connectivity index (χ1) is 31.5. The predicted molar refractivity (Wildman–Crippen MR) is 261 cm³/mol. The third-order valence-electron chi connectivity index (χ3n) is 15.1. The lowest BCUT2D eigenvalue weighted by atomic mass is 9.71. The summed E-state index contributed by atoms with van der Waals surface area (Å²) in [6, 6.07) is 16.8. The van der Waals surface area contributed by atoms with Crippen molar-refractivity contribution in [1.29, 1.82) is 0 Å². The maximum atomic E-state index is 11.3. The van der Waals surface area contributed by atoms with Crippen LogP contribution in [0, 0.1) is 35.5 Å². The van der Waals surface area contributed by atoms with Crippen LogP contribution in [0.15, 0.2) is 86.5 Å². The van der Waals surface area contributed by atoms with E-state index in [9.17, 15) is 14.4 Å². The molecule has 358 valence electrons. The monoisotopic (exact) mass is 895 g/mol. The molecule has 0 amide bonds. The largest absolute Gasteiger partial charge is 0.468 e. The standard InChI is InChI=1S/C25H30O4.2C16H26O2/c1-3-5-19-6-8-20(9-7-19)21-10-12-22(13-11-21)27-18-28-23-14-16-24(17-15-23)29-25(26)4-2;2*1-3-16(17)18-15-10-8-14(9-11-15)13-6-4-12(2)5-7-13/h4,6-13,23-24H,2-3,5,14-18H2,1H3;2*3,12-15H,1,4-11H2,2H3. The number of ether oxygens (including phenoxy) is 5. The molecule has 2 aromatic rings. The Balaban J connectivity index is 0.000000192. The fourth-order valence-corrected chi connectivity index (χ4v) is 10.9. The van der Waals surface area contributed by atoms with E-state index in [0.29, 0.717) is 0 Å². The van der Waals surface area contributed by atoms with Crippen LogP contribution in [0.1, 0.15) is 161 Å².